The zero-order valence-corrected chi connectivity index (χ0v) is 15.5. The van der Waals surface area contributed by atoms with Crippen molar-refractivity contribution in [2.24, 2.45) is 5.73 Å². The van der Waals surface area contributed by atoms with E-state index in [0.29, 0.717) is 25.1 Å². The van der Waals surface area contributed by atoms with Crippen molar-refractivity contribution < 1.29 is 9.21 Å². The molecule has 0 saturated carbocycles. The molecular formula is C22H22N2O3. The minimum Gasteiger partial charge on any atom is -0.423 e. The summed E-state index contributed by atoms with van der Waals surface area (Å²) in [6, 6.07) is 13.2. The maximum absolute atomic E-state index is 12.1. The number of benzene rings is 2. The highest BCUT2D eigenvalue weighted by Crippen LogP contribution is 2.28. The second kappa shape index (κ2) is 6.67. The van der Waals surface area contributed by atoms with E-state index < -0.39 is 6.04 Å². The summed E-state index contributed by atoms with van der Waals surface area (Å²) < 4.78 is 5.39. The molecule has 2 aromatic carbocycles. The number of fused-ring (bicyclic) bond motifs is 2. The number of hydrogen-bond acceptors (Lipinski definition) is 4. The summed E-state index contributed by atoms with van der Waals surface area (Å²) in [5.41, 5.74) is 11.3. The van der Waals surface area contributed by atoms with Gasteiger partial charge in [-0.25, -0.2) is 4.79 Å². The van der Waals surface area contributed by atoms with E-state index >= 15 is 0 Å². The second-order valence-electron chi connectivity index (χ2n) is 7.32. The van der Waals surface area contributed by atoms with Crippen LogP contribution >= 0.6 is 0 Å². The van der Waals surface area contributed by atoms with Crippen LogP contribution in [0.5, 0.6) is 0 Å². The van der Waals surface area contributed by atoms with Crippen molar-refractivity contribution in [3.8, 4) is 0 Å². The highest BCUT2D eigenvalue weighted by molar-refractivity contribution is 5.83. The summed E-state index contributed by atoms with van der Waals surface area (Å²) >= 11 is 0. The van der Waals surface area contributed by atoms with Crippen molar-refractivity contribution in [2.45, 2.75) is 39.4 Å². The SMILES string of the molecule is Cc1cc2oc(=O)cc(CN3Cc4ccccc4C[C@H]3C(N)=O)c2cc1C. The lowest BCUT2D eigenvalue weighted by molar-refractivity contribution is -0.124. The van der Waals surface area contributed by atoms with E-state index in [4.69, 9.17) is 10.2 Å². The van der Waals surface area contributed by atoms with Gasteiger partial charge in [-0.15, -0.1) is 0 Å². The number of rotatable bonds is 3. The summed E-state index contributed by atoms with van der Waals surface area (Å²) in [6.45, 7) is 5.11. The molecule has 2 N–H and O–H groups in total. The smallest absolute Gasteiger partial charge is 0.336 e. The molecule has 138 valence electrons. The van der Waals surface area contributed by atoms with Crippen LogP contribution in [0.15, 0.2) is 51.7 Å². The summed E-state index contributed by atoms with van der Waals surface area (Å²) in [5, 5.41) is 0.903. The molecule has 0 spiro atoms. The topological polar surface area (TPSA) is 76.5 Å². The zero-order chi connectivity index (χ0) is 19.1. The van der Waals surface area contributed by atoms with Crippen LogP contribution in [0.2, 0.25) is 0 Å². The zero-order valence-electron chi connectivity index (χ0n) is 15.5. The molecule has 1 amide bonds. The summed E-state index contributed by atoms with van der Waals surface area (Å²) in [7, 11) is 0. The van der Waals surface area contributed by atoms with Gasteiger partial charge in [0.1, 0.15) is 5.58 Å². The fourth-order valence-electron chi connectivity index (χ4n) is 3.86. The van der Waals surface area contributed by atoms with Gasteiger partial charge < -0.3 is 10.2 Å². The molecule has 5 nitrogen and oxygen atoms in total. The predicted octanol–water partition coefficient (Wildman–Crippen LogP) is 2.82. The number of carbonyl (C=O) groups is 1. The first-order valence-corrected chi connectivity index (χ1v) is 9.06. The first-order valence-electron chi connectivity index (χ1n) is 9.06. The fraction of sp³-hybridized carbons (Fsp3) is 0.273. The molecule has 0 radical (unpaired) electrons. The van der Waals surface area contributed by atoms with Gasteiger partial charge in [0.15, 0.2) is 0 Å². The minimum absolute atomic E-state index is 0.344. The largest absolute Gasteiger partial charge is 0.423 e. The fourth-order valence-corrected chi connectivity index (χ4v) is 3.86. The number of aryl methyl sites for hydroxylation is 2. The van der Waals surface area contributed by atoms with Crippen LogP contribution in [0, 0.1) is 13.8 Å². The summed E-state index contributed by atoms with van der Waals surface area (Å²) in [5.74, 6) is -0.344. The predicted molar refractivity (Wildman–Crippen MR) is 104 cm³/mol. The lowest BCUT2D eigenvalue weighted by atomic mass is 9.93. The highest BCUT2D eigenvalue weighted by Gasteiger charge is 2.30. The molecule has 3 aromatic rings. The Bertz CT molecular complexity index is 1100. The lowest BCUT2D eigenvalue weighted by Gasteiger charge is -2.35. The van der Waals surface area contributed by atoms with Crippen molar-refractivity contribution in [3.05, 3.63) is 80.7 Å². The molecule has 0 fully saturated rings. The van der Waals surface area contributed by atoms with E-state index in [-0.39, 0.29) is 11.5 Å². The lowest BCUT2D eigenvalue weighted by Crippen LogP contribution is -2.48. The van der Waals surface area contributed by atoms with Gasteiger partial charge in [-0.1, -0.05) is 24.3 Å². The Balaban J connectivity index is 1.77. The van der Waals surface area contributed by atoms with Gasteiger partial charge in [-0.3, -0.25) is 9.69 Å². The molecular weight excluding hydrogens is 340 g/mol. The van der Waals surface area contributed by atoms with Crippen molar-refractivity contribution in [1.29, 1.82) is 0 Å². The van der Waals surface area contributed by atoms with Gasteiger partial charge in [0, 0.05) is 24.5 Å². The maximum atomic E-state index is 12.1. The molecule has 1 aromatic heterocycles. The summed E-state index contributed by atoms with van der Waals surface area (Å²) in [4.78, 5) is 26.2. The van der Waals surface area contributed by atoms with E-state index in [2.05, 4.69) is 6.07 Å². The van der Waals surface area contributed by atoms with Crippen LogP contribution in [-0.2, 0) is 24.3 Å². The minimum atomic E-state index is -0.395. The molecule has 5 heteroatoms. The molecule has 1 aliphatic heterocycles. The Morgan fingerprint density at radius 3 is 2.59 bits per heavy atom. The monoisotopic (exact) mass is 362 g/mol. The number of primary amides is 1. The second-order valence-corrected chi connectivity index (χ2v) is 7.32. The van der Waals surface area contributed by atoms with Crippen molar-refractivity contribution in [1.82, 2.24) is 4.90 Å². The van der Waals surface area contributed by atoms with Gasteiger partial charge in [-0.05, 0) is 60.2 Å². The third-order valence-electron chi connectivity index (χ3n) is 5.49. The van der Waals surface area contributed by atoms with Gasteiger partial charge in [0.05, 0.1) is 6.04 Å². The Morgan fingerprint density at radius 1 is 1.15 bits per heavy atom. The van der Waals surface area contributed by atoms with E-state index in [1.165, 1.54) is 11.6 Å². The van der Waals surface area contributed by atoms with Crippen LogP contribution < -0.4 is 11.4 Å². The third kappa shape index (κ3) is 3.26. The summed E-state index contributed by atoms with van der Waals surface area (Å²) in [6.07, 6.45) is 0.586. The molecule has 1 atom stereocenters. The van der Waals surface area contributed by atoms with Gasteiger partial charge >= 0.3 is 5.63 Å². The Kier molecular flexibility index (Phi) is 4.32. The number of amides is 1. The van der Waals surface area contributed by atoms with Gasteiger partial charge in [-0.2, -0.15) is 0 Å². The Morgan fingerprint density at radius 2 is 1.85 bits per heavy atom. The van der Waals surface area contributed by atoms with Crippen LogP contribution in [0.4, 0.5) is 0 Å². The Labute approximate surface area is 157 Å². The van der Waals surface area contributed by atoms with Crippen molar-refractivity contribution in [3.63, 3.8) is 0 Å². The maximum Gasteiger partial charge on any atom is 0.336 e. The molecule has 0 bridgehead atoms. The first-order chi connectivity index (χ1) is 12.9. The van der Waals surface area contributed by atoms with E-state index in [1.54, 1.807) is 0 Å². The van der Waals surface area contributed by atoms with Crippen LogP contribution in [0.1, 0.15) is 27.8 Å². The third-order valence-corrected chi connectivity index (χ3v) is 5.49. The van der Waals surface area contributed by atoms with Gasteiger partial charge in [0.25, 0.3) is 0 Å². The number of nitrogens with two attached hydrogens (primary N) is 1. The van der Waals surface area contributed by atoms with Crippen molar-refractivity contribution in [2.75, 3.05) is 0 Å². The van der Waals surface area contributed by atoms with Crippen molar-refractivity contribution >= 4 is 16.9 Å². The van der Waals surface area contributed by atoms with E-state index in [9.17, 15) is 9.59 Å². The van der Waals surface area contributed by atoms with E-state index in [0.717, 1.165) is 27.6 Å². The van der Waals surface area contributed by atoms with Crippen LogP contribution in [0.3, 0.4) is 0 Å². The van der Waals surface area contributed by atoms with E-state index in [1.807, 2.05) is 49.1 Å². The van der Waals surface area contributed by atoms with Gasteiger partial charge in [0.2, 0.25) is 5.91 Å². The molecule has 0 aliphatic carbocycles. The number of nitrogens with zero attached hydrogens (tertiary/aromatic N) is 1. The normalized spacial score (nSPS) is 17.0. The Hall–Kier alpha value is -2.92. The van der Waals surface area contributed by atoms with Crippen LogP contribution in [-0.4, -0.2) is 16.8 Å². The number of carbonyl (C=O) groups excluding carboxylic acids is 1. The average Bonchev–Trinajstić information content (AvgIpc) is 2.62. The quantitative estimate of drug-likeness (QED) is 0.727. The molecule has 0 saturated heterocycles. The molecule has 27 heavy (non-hydrogen) atoms. The molecule has 1 aliphatic rings. The molecule has 0 unspecified atom stereocenters. The molecule has 4 rings (SSSR count). The standard InChI is InChI=1S/C22H22N2O3/c1-13-7-18-17(10-21(25)27-20(18)8-14(13)2)12-24-11-16-6-4-3-5-15(16)9-19(24)22(23)26/h3-8,10,19H,9,11-12H2,1-2H3,(H2,23,26)/t19-/m0/s1. The van der Waals surface area contributed by atoms with Crippen LogP contribution in [0.25, 0.3) is 11.0 Å². The first kappa shape index (κ1) is 17.5. The average molecular weight is 362 g/mol. The number of hydrogen-bond donors (Lipinski definition) is 1. The highest BCUT2D eigenvalue weighted by atomic mass is 16.4. The molecule has 2 heterocycles.